The summed E-state index contributed by atoms with van der Waals surface area (Å²) in [6.07, 6.45) is 1.42. The summed E-state index contributed by atoms with van der Waals surface area (Å²) >= 11 is 6.08. The van der Waals surface area contributed by atoms with Gasteiger partial charge in [-0.2, -0.15) is 0 Å². The SMILES string of the molecule is COc1ccc(-c2nc(C3CCN(C(=O)N(O)C(C)C)CC3)oc2-c2ccc(Cl)cc2)cc1. The molecule has 0 bridgehead atoms. The molecule has 1 saturated heterocycles. The average Bonchev–Trinajstić information content (AvgIpc) is 3.29. The molecule has 0 unspecified atom stereocenters. The maximum absolute atomic E-state index is 12.4. The van der Waals surface area contributed by atoms with E-state index in [0.717, 1.165) is 27.6 Å². The summed E-state index contributed by atoms with van der Waals surface area (Å²) in [6, 6.07) is 14.6. The van der Waals surface area contributed by atoms with E-state index in [2.05, 4.69) is 0 Å². The third-order valence-corrected chi connectivity index (χ3v) is 6.17. The van der Waals surface area contributed by atoms with E-state index in [1.54, 1.807) is 25.9 Å². The van der Waals surface area contributed by atoms with Crippen LogP contribution in [0.5, 0.6) is 5.75 Å². The lowest BCUT2D eigenvalue weighted by Gasteiger charge is -2.33. The van der Waals surface area contributed by atoms with E-state index in [1.165, 1.54) is 0 Å². The minimum atomic E-state index is -0.364. The smallest absolute Gasteiger partial charge is 0.343 e. The Morgan fingerprint density at radius 1 is 1.12 bits per heavy atom. The number of oxazole rings is 1. The second-order valence-electron chi connectivity index (χ2n) is 8.45. The molecule has 174 valence electrons. The summed E-state index contributed by atoms with van der Waals surface area (Å²) in [6.45, 7) is 4.61. The number of carbonyl (C=O) groups is 1. The van der Waals surface area contributed by atoms with E-state index < -0.39 is 0 Å². The van der Waals surface area contributed by atoms with Gasteiger partial charge in [0.25, 0.3) is 0 Å². The third kappa shape index (κ3) is 4.99. The van der Waals surface area contributed by atoms with Crippen molar-refractivity contribution in [2.24, 2.45) is 0 Å². The lowest BCUT2D eigenvalue weighted by Crippen LogP contribution is -2.47. The Kier molecular flexibility index (Phi) is 6.91. The Morgan fingerprint density at radius 2 is 1.73 bits per heavy atom. The first-order valence-corrected chi connectivity index (χ1v) is 11.4. The maximum atomic E-state index is 12.4. The molecule has 7 nitrogen and oxygen atoms in total. The van der Waals surface area contributed by atoms with E-state index in [0.29, 0.717) is 42.6 Å². The highest BCUT2D eigenvalue weighted by Crippen LogP contribution is 2.38. The molecule has 1 N–H and O–H groups in total. The lowest BCUT2D eigenvalue weighted by atomic mass is 9.97. The van der Waals surface area contributed by atoms with Crippen molar-refractivity contribution >= 4 is 17.6 Å². The van der Waals surface area contributed by atoms with Gasteiger partial charge in [-0.3, -0.25) is 5.21 Å². The number of nitrogens with zero attached hydrogens (tertiary/aromatic N) is 3. The zero-order chi connectivity index (χ0) is 23.5. The molecule has 33 heavy (non-hydrogen) atoms. The molecule has 2 amide bonds. The number of benzene rings is 2. The van der Waals surface area contributed by atoms with Crippen LogP contribution in [-0.2, 0) is 0 Å². The lowest BCUT2D eigenvalue weighted by molar-refractivity contribution is -0.0815. The van der Waals surface area contributed by atoms with Crippen LogP contribution in [0.4, 0.5) is 4.79 Å². The van der Waals surface area contributed by atoms with Gasteiger partial charge in [0.05, 0.1) is 13.2 Å². The summed E-state index contributed by atoms with van der Waals surface area (Å²) in [5.74, 6) is 2.19. The van der Waals surface area contributed by atoms with Gasteiger partial charge in [-0.15, -0.1) is 0 Å². The second kappa shape index (κ2) is 9.85. The van der Waals surface area contributed by atoms with Crippen molar-refractivity contribution in [2.45, 2.75) is 38.6 Å². The first kappa shape index (κ1) is 23.1. The highest BCUT2D eigenvalue weighted by atomic mass is 35.5. The van der Waals surface area contributed by atoms with Gasteiger partial charge >= 0.3 is 6.03 Å². The number of methoxy groups -OCH3 is 1. The topological polar surface area (TPSA) is 79.0 Å². The van der Waals surface area contributed by atoms with Crippen molar-refractivity contribution in [2.75, 3.05) is 20.2 Å². The highest BCUT2D eigenvalue weighted by Gasteiger charge is 2.31. The molecular weight excluding hydrogens is 442 g/mol. The molecule has 0 atom stereocenters. The predicted octanol–water partition coefficient (Wildman–Crippen LogP) is 6.07. The number of urea groups is 1. The highest BCUT2D eigenvalue weighted by molar-refractivity contribution is 6.30. The molecule has 1 aliphatic rings. The number of hydrogen-bond donors (Lipinski definition) is 1. The van der Waals surface area contributed by atoms with E-state index >= 15 is 0 Å². The number of aromatic nitrogens is 1. The molecule has 2 heterocycles. The molecule has 4 rings (SSSR count). The standard InChI is InChI=1S/C25H28ClN3O4/c1-16(2)29(31)25(30)28-14-12-19(13-15-28)24-27-22(17-6-10-21(32-3)11-7-17)23(33-24)18-4-8-20(26)9-5-18/h4-11,16,19,31H,12-15H2,1-3H3. The first-order chi connectivity index (χ1) is 15.9. The van der Waals surface area contributed by atoms with Crippen LogP contribution in [0.15, 0.2) is 52.9 Å². The Labute approximate surface area is 198 Å². The Bertz CT molecular complexity index is 1090. The van der Waals surface area contributed by atoms with Gasteiger partial charge in [0.15, 0.2) is 11.7 Å². The van der Waals surface area contributed by atoms with Crippen molar-refractivity contribution in [1.29, 1.82) is 0 Å². The molecule has 0 spiro atoms. The summed E-state index contributed by atoms with van der Waals surface area (Å²) < 4.78 is 11.6. The molecule has 8 heteroatoms. The monoisotopic (exact) mass is 469 g/mol. The predicted molar refractivity (Wildman–Crippen MR) is 127 cm³/mol. The number of likely N-dealkylation sites (tertiary alicyclic amines) is 1. The van der Waals surface area contributed by atoms with Crippen LogP contribution >= 0.6 is 11.6 Å². The zero-order valence-corrected chi connectivity index (χ0v) is 19.7. The molecule has 1 aromatic heterocycles. The van der Waals surface area contributed by atoms with Crippen molar-refractivity contribution in [3.05, 3.63) is 59.4 Å². The van der Waals surface area contributed by atoms with Crippen LogP contribution < -0.4 is 4.74 Å². The van der Waals surface area contributed by atoms with Crippen molar-refractivity contribution < 1.29 is 19.2 Å². The number of amides is 2. The Morgan fingerprint density at radius 3 is 2.30 bits per heavy atom. The van der Waals surface area contributed by atoms with E-state index in [1.807, 2.05) is 48.5 Å². The normalized spacial score (nSPS) is 14.5. The fourth-order valence-electron chi connectivity index (χ4n) is 3.94. The average molecular weight is 470 g/mol. The van der Waals surface area contributed by atoms with Gasteiger partial charge in [0, 0.05) is 35.2 Å². The molecule has 0 aliphatic carbocycles. The number of piperidine rings is 1. The largest absolute Gasteiger partial charge is 0.497 e. The van der Waals surface area contributed by atoms with Gasteiger partial charge in [-0.1, -0.05) is 11.6 Å². The molecule has 3 aromatic rings. The zero-order valence-electron chi connectivity index (χ0n) is 19.0. The van der Waals surface area contributed by atoms with Gasteiger partial charge < -0.3 is 14.1 Å². The first-order valence-electron chi connectivity index (χ1n) is 11.1. The van der Waals surface area contributed by atoms with Gasteiger partial charge in [-0.05, 0) is 75.2 Å². The van der Waals surface area contributed by atoms with Gasteiger partial charge in [-0.25, -0.2) is 14.8 Å². The van der Waals surface area contributed by atoms with Crippen molar-refractivity contribution in [1.82, 2.24) is 14.9 Å². The number of ether oxygens (including phenoxy) is 1. The van der Waals surface area contributed by atoms with E-state index in [-0.39, 0.29) is 18.0 Å². The number of carbonyl (C=O) groups excluding carboxylic acids is 1. The minimum absolute atomic E-state index is 0.0818. The number of rotatable bonds is 5. The molecule has 0 saturated carbocycles. The van der Waals surface area contributed by atoms with Crippen molar-refractivity contribution in [3.63, 3.8) is 0 Å². The number of hydrogen-bond acceptors (Lipinski definition) is 5. The molecule has 1 fully saturated rings. The Balaban J connectivity index is 1.60. The molecule has 0 radical (unpaired) electrons. The Hall–Kier alpha value is -3.03. The molecule has 1 aliphatic heterocycles. The molecule has 2 aromatic carbocycles. The summed E-state index contributed by atoms with van der Waals surface area (Å²) in [4.78, 5) is 19.0. The number of hydroxylamine groups is 2. The second-order valence-corrected chi connectivity index (χ2v) is 8.88. The van der Waals surface area contributed by atoms with Gasteiger partial charge in [0.1, 0.15) is 11.4 Å². The fourth-order valence-corrected chi connectivity index (χ4v) is 4.06. The number of halogens is 1. The summed E-state index contributed by atoms with van der Waals surface area (Å²) in [7, 11) is 1.64. The van der Waals surface area contributed by atoms with Crippen LogP contribution in [0.1, 0.15) is 38.5 Å². The minimum Gasteiger partial charge on any atom is -0.497 e. The van der Waals surface area contributed by atoms with Crippen LogP contribution in [0, 0.1) is 0 Å². The van der Waals surface area contributed by atoms with Crippen LogP contribution in [0.25, 0.3) is 22.6 Å². The third-order valence-electron chi connectivity index (χ3n) is 5.91. The summed E-state index contributed by atoms with van der Waals surface area (Å²) in [5.41, 5.74) is 2.58. The van der Waals surface area contributed by atoms with Gasteiger partial charge in [0.2, 0.25) is 0 Å². The summed E-state index contributed by atoms with van der Waals surface area (Å²) in [5, 5.41) is 11.4. The maximum Gasteiger partial charge on any atom is 0.343 e. The van der Waals surface area contributed by atoms with Crippen LogP contribution in [-0.4, -0.2) is 52.4 Å². The quantitative estimate of drug-likeness (QED) is 0.362. The fraction of sp³-hybridized carbons (Fsp3) is 0.360. The van der Waals surface area contributed by atoms with E-state index in [4.69, 9.17) is 25.7 Å². The molecular formula is C25H28ClN3O4. The van der Waals surface area contributed by atoms with Crippen LogP contribution in [0.3, 0.4) is 0 Å². The van der Waals surface area contributed by atoms with E-state index in [9.17, 15) is 10.0 Å². The van der Waals surface area contributed by atoms with Crippen LogP contribution in [0.2, 0.25) is 5.02 Å². The van der Waals surface area contributed by atoms with Crippen molar-refractivity contribution in [3.8, 4) is 28.3 Å².